The standard InChI is InChI=1S/C9H13NO6/c1-3-15-8(13)6(10-5-11)7(12)9(14)16-4-2/h5,12H,3-4H2,1-2H3,(H,10,11). The van der Waals surface area contributed by atoms with Gasteiger partial charge in [0.05, 0.1) is 13.2 Å². The number of aliphatic hydroxyl groups excluding tert-OH is 1. The molecule has 7 heteroatoms. The van der Waals surface area contributed by atoms with Gasteiger partial charge in [0.25, 0.3) is 0 Å². The number of ether oxygens (including phenoxy) is 2. The van der Waals surface area contributed by atoms with Gasteiger partial charge in [-0.3, -0.25) is 4.79 Å². The Bertz CT molecular complexity index is 309. The third kappa shape index (κ3) is 3.99. The van der Waals surface area contributed by atoms with Crippen LogP contribution in [0.1, 0.15) is 13.8 Å². The van der Waals surface area contributed by atoms with Gasteiger partial charge in [0.2, 0.25) is 12.2 Å². The lowest BCUT2D eigenvalue weighted by Crippen LogP contribution is -2.26. The molecular formula is C9H13NO6. The Balaban J connectivity index is 4.97. The van der Waals surface area contributed by atoms with E-state index in [0.29, 0.717) is 0 Å². The van der Waals surface area contributed by atoms with Crippen LogP contribution in [0.4, 0.5) is 0 Å². The van der Waals surface area contributed by atoms with E-state index in [1.54, 1.807) is 0 Å². The number of amides is 1. The SMILES string of the molecule is CCOC(=O)C(O)=C(NC=O)C(=O)OCC. The lowest BCUT2D eigenvalue weighted by Gasteiger charge is -2.07. The minimum atomic E-state index is -1.11. The summed E-state index contributed by atoms with van der Waals surface area (Å²) in [7, 11) is 0. The van der Waals surface area contributed by atoms with Gasteiger partial charge in [-0.25, -0.2) is 9.59 Å². The normalized spacial score (nSPS) is 11.1. The van der Waals surface area contributed by atoms with Crippen LogP contribution >= 0.6 is 0 Å². The van der Waals surface area contributed by atoms with Crippen LogP contribution in [0.5, 0.6) is 0 Å². The lowest BCUT2D eigenvalue weighted by atomic mass is 10.3. The number of nitrogens with one attached hydrogen (secondary N) is 1. The van der Waals surface area contributed by atoms with E-state index in [9.17, 15) is 19.5 Å². The van der Waals surface area contributed by atoms with Crippen molar-refractivity contribution in [1.82, 2.24) is 5.32 Å². The highest BCUT2D eigenvalue weighted by molar-refractivity contribution is 5.99. The van der Waals surface area contributed by atoms with Crippen LogP contribution in [0.2, 0.25) is 0 Å². The smallest absolute Gasteiger partial charge is 0.375 e. The number of rotatable bonds is 6. The molecule has 0 spiro atoms. The second-order valence-electron chi connectivity index (χ2n) is 2.43. The third-order valence-electron chi connectivity index (χ3n) is 1.39. The molecular weight excluding hydrogens is 218 g/mol. The first-order valence-electron chi connectivity index (χ1n) is 4.56. The zero-order chi connectivity index (χ0) is 12.6. The molecule has 0 heterocycles. The van der Waals surface area contributed by atoms with Gasteiger partial charge in [0.1, 0.15) is 0 Å². The van der Waals surface area contributed by atoms with Crippen LogP contribution in [0.25, 0.3) is 0 Å². The van der Waals surface area contributed by atoms with Crippen LogP contribution in [0, 0.1) is 0 Å². The Labute approximate surface area is 92.0 Å². The van der Waals surface area contributed by atoms with E-state index in [1.807, 2.05) is 5.32 Å². The highest BCUT2D eigenvalue weighted by Gasteiger charge is 2.22. The Morgan fingerprint density at radius 1 is 1.19 bits per heavy atom. The summed E-state index contributed by atoms with van der Waals surface area (Å²) in [6.45, 7) is 3.14. The summed E-state index contributed by atoms with van der Waals surface area (Å²) in [5.74, 6) is -3.12. The van der Waals surface area contributed by atoms with Gasteiger partial charge in [0.15, 0.2) is 5.70 Å². The summed E-state index contributed by atoms with van der Waals surface area (Å²) < 4.78 is 8.97. The zero-order valence-corrected chi connectivity index (χ0v) is 8.98. The van der Waals surface area contributed by atoms with Crippen LogP contribution in [0.15, 0.2) is 11.5 Å². The van der Waals surface area contributed by atoms with Crippen molar-refractivity contribution in [1.29, 1.82) is 0 Å². The Morgan fingerprint density at radius 2 is 1.69 bits per heavy atom. The minimum Gasteiger partial charge on any atom is -0.500 e. The number of carbonyl (C=O) groups is 3. The molecule has 0 aliphatic heterocycles. The second kappa shape index (κ2) is 7.27. The number of aliphatic hydroxyl groups is 1. The molecule has 0 saturated heterocycles. The molecule has 0 aliphatic carbocycles. The molecule has 0 bridgehead atoms. The van der Waals surface area contributed by atoms with Crippen molar-refractivity contribution in [3.05, 3.63) is 11.5 Å². The fourth-order valence-corrected chi connectivity index (χ4v) is 0.788. The fraction of sp³-hybridized carbons (Fsp3) is 0.444. The molecule has 16 heavy (non-hydrogen) atoms. The second-order valence-corrected chi connectivity index (χ2v) is 2.43. The largest absolute Gasteiger partial charge is 0.500 e. The molecule has 0 fully saturated rings. The maximum absolute atomic E-state index is 11.2. The molecule has 0 aromatic rings. The zero-order valence-electron chi connectivity index (χ0n) is 8.98. The van der Waals surface area contributed by atoms with E-state index in [0.717, 1.165) is 0 Å². The van der Waals surface area contributed by atoms with Crippen LogP contribution in [0.3, 0.4) is 0 Å². The summed E-state index contributed by atoms with van der Waals surface area (Å²) in [6, 6.07) is 0. The van der Waals surface area contributed by atoms with Crippen molar-refractivity contribution in [2.24, 2.45) is 0 Å². The molecule has 1 amide bonds. The van der Waals surface area contributed by atoms with Crippen LogP contribution in [-0.2, 0) is 23.9 Å². The van der Waals surface area contributed by atoms with E-state index < -0.39 is 23.4 Å². The van der Waals surface area contributed by atoms with Crippen molar-refractivity contribution < 1.29 is 29.0 Å². The number of hydrogen-bond acceptors (Lipinski definition) is 6. The Hall–Kier alpha value is -2.05. The number of carbonyl (C=O) groups excluding carboxylic acids is 3. The highest BCUT2D eigenvalue weighted by Crippen LogP contribution is 2.03. The third-order valence-corrected chi connectivity index (χ3v) is 1.39. The van der Waals surface area contributed by atoms with E-state index >= 15 is 0 Å². The topological polar surface area (TPSA) is 102 Å². The van der Waals surface area contributed by atoms with E-state index in [4.69, 9.17) is 0 Å². The van der Waals surface area contributed by atoms with Crippen LogP contribution in [-0.4, -0.2) is 36.7 Å². The summed E-state index contributed by atoms with van der Waals surface area (Å²) in [5.41, 5.74) is -0.643. The van der Waals surface area contributed by atoms with E-state index in [-0.39, 0.29) is 19.6 Å². The van der Waals surface area contributed by atoms with Gasteiger partial charge in [-0.1, -0.05) is 0 Å². The number of hydrogen-bond donors (Lipinski definition) is 2. The fourth-order valence-electron chi connectivity index (χ4n) is 0.788. The molecule has 0 unspecified atom stereocenters. The van der Waals surface area contributed by atoms with Crippen molar-refractivity contribution >= 4 is 18.3 Å². The predicted octanol–water partition coefficient (Wildman–Crippen LogP) is -0.372. The summed E-state index contributed by atoms with van der Waals surface area (Å²) >= 11 is 0. The van der Waals surface area contributed by atoms with E-state index in [2.05, 4.69) is 9.47 Å². The van der Waals surface area contributed by atoms with Crippen molar-refractivity contribution in [3.8, 4) is 0 Å². The molecule has 0 atom stereocenters. The Kier molecular flexibility index (Phi) is 6.34. The van der Waals surface area contributed by atoms with Crippen LogP contribution < -0.4 is 5.32 Å². The molecule has 0 radical (unpaired) electrons. The molecule has 2 N–H and O–H groups in total. The quantitative estimate of drug-likeness (QED) is 0.280. The molecule has 0 rings (SSSR count). The predicted molar refractivity (Wildman–Crippen MR) is 52.1 cm³/mol. The average molecular weight is 231 g/mol. The molecule has 90 valence electrons. The number of esters is 2. The van der Waals surface area contributed by atoms with Crippen molar-refractivity contribution in [2.75, 3.05) is 13.2 Å². The van der Waals surface area contributed by atoms with Gasteiger partial charge in [-0.2, -0.15) is 0 Å². The maximum atomic E-state index is 11.2. The monoisotopic (exact) mass is 231 g/mol. The Morgan fingerprint density at radius 3 is 2.12 bits per heavy atom. The minimum absolute atomic E-state index is 0.0279. The molecule has 0 aromatic carbocycles. The molecule has 7 nitrogen and oxygen atoms in total. The highest BCUT2D eigenvalue weighted by atomic mass is 16.5. The average Bonchev–Trinajstić information content (AvgIpc) is 2.25. The van der Waals surface area contributed by atoms with Gasteiger partial charge < -0.3 is 19.9 Å². The maximum Gasteiger partial charge on any atom is 0.375 e. The first-order chi connectivity index (χ1) is 7.58. The van der Waals surface area contributed by atoms with E-state index in [1.165, 1.54) is 13.8 Å². The van der Waals surface area contributed by atoms with Crippen molar-refractivity contribution in [3.63, 3.8) is 0 Å². The van der Waals surface area contributed by atoms with Gasteiger partial charge in [0, 0.05) is 0 Å². The van der Waals surface area contributed by atoms with Gasteiger partial charge in [-0.05, 0) is 13.8 Å². The molecule has 0 saturated carbocycles. The van der Waals surface area contributed by atoms with Gasteiger partial charge in [-0.15, -0.1) is 0 Å². The summed E-state index contributed by atoms with van der Waals surface area (Å²) in [4.78, 5) is 32.5. The first-order valence-corrected chi connectivity index (χ1v) is 4.56. The molecule has 0 aromatic heterocycles. The first kappa shape index (κ1) is 13.9. The lowest BCUT2D eigenvalue weighted by molar-refractivity contribution is -0.144. The van der Waals surface area contributed by atoms with Crippen molar-refractivity contribution in [2.45, 2.75) is 13.8 Å². The molecule has 0 aliphatic rings. The summed E-state index contributed by atoms with van der Waals surface area (Å²) in [5, 5.41) is 11.2. The summed E-state index contributed by atoms with van der Waals surface area (Å²) in [6.07, 6.45) is 0.141. The van der Waals surface area contributed by atoms with Gasteiger partial charge >= 0.3 is 11.9 Å².